The average molecular weight is 477 g/mol. The Balaban J connectivity index is 1.78. The topological polar surface area (TPSA) is 108 Å². The van der Waals surface area contributed by atoms with Gasteiger partial charge in [-0.25, -0.2) is 0 Å². The van der Waals surface area contributed by atoms with Crippen molar-refractivity contribution in [2.24, 2.45) is 34.0 Å². The lowest BCUT2D eigenvalue weighted by molar-refractivity contribution is -0.465. The van der Waals surface area contributed by atoms with Crippen LogP contribution in [0.25, 0.3) is 0 Å². The van der Waals surface area contributed by atoms with Gasteiger partial charge in [0.1, 0.15) is 12.2 Å². The average Bonchev–Trinajstić information content (AvgIpc) is 2.92. The number of hydrogen-bond donors (Lipinski definition) is 1. The summed E-state index contributed by atoms with van der Waals surface area (Å²) in [6, 6.07) is 0. The molecule has 2 heterocycles. The highest BCUT2D eigenvalue weighted by atomic mass is 16.7. The van der Waals surface area contributed by atoms with Crippen molar-refractivity contribution < 1.29 is 38.4 Å². The first-order valence-electron chi connectivity index (χ1n) is 12.4. The minimum absolute atomic E-state index is 0.0594. The smallest absolute Gasteiger partial charge is 0.303 e. The van der Waals surface area contributed by atoms with E-state index in [0.29, 0.717) is 12.8 Å². The Morgan fingerprint density at radius 2 is 1.65 bits per heavy atom. The Morgan fingerprint density at radius 1 is 1.00 bits per heavy atom. The van der Waals surface area contributed by atoms with Crippen molar-refractivity contribution in [2.75, 3.05) is 6.61 Å². The van der Waals surface area contributed by atoms with E-state index in [0.717, 1.165) is 24.8 Å². The molecular formula is C26H36O8. The van der Waals surface area contributed by atoms with Gasteiger partial charge in [0, 0.05) is 32.1 Å². The highest BCUT2D eigenvalue weighted by Crippen LogP contribution is 2.78. The molecule has 1 N–H and O–H groups in total. The predicted octanol–water partition coefficient (Wildman–Crippen LogP) is 2.91. The summed E-state index contributed by atoms with van der Waals surface area (Å²) in [4.78, 5) is 36.9. The Hall–Kier alpha value is -1.93. The molecule has 6 rings (SSSR count). The molecule has 0 aromatic carbocycles. The fraction of sp³-hybridized carbons (Fsp3) is 0.808. The summed E-state index contributed by atoms with van der Waals surface area (Å²) < 4.78 is 24.2. The number of fused-ring (bicyclic) bond motifs is 2. The highest BCUT2D eigenvalue weighted by molar-refractivity contribution is 5.68. The van der Waals surface area contributed by atoms with E-state index in [1.807, 2.05) is 0 Å². The molecule has 4 aliphatic carbocycles. The number of aliphatic hydroxyl groups is 1. The normalized spacial score (nSPS) is 47.9. The number of rotatable bonds is 3. The fourth-order valence-electron chi connectivity index (χ4n) is 9.02. The van der Waals surface area contributed by atoms with Gasteiger partial charge < -0.3 is 24.1 Å². The Bertz CT molecular complexity index is 956. The van der Waals surface area contributed by atoms with Gasteiger partial charge in [-0.05, 0) is 54.9 Å². The number of carbonyl (C=O) groups excluding carboxylic acids is 3. The predicted molar refractivity (Wildman–Crippen MR) is 119 cm³/mol. The zero-order valence-corrected chi connectivity index (χ0v) is 20.7. The second kappa shape index (κ2) is 7.29. The van der Waals surface area contributed by atoms with Crippen LogP contribution in [0.4, 0.5) is 0 Å². The summed E-state index contributed by atoms with van der Waals surface area (Å²) in [5.74, 6) is -3.62. The number of hydrogen-bond acceptors (Lipinski definition) is 8. The molecule has 0 aromatic rings. The van der Waals surface area contributed by atoms with Gasteiger partial charge in [-0.3, -0.25) is 14.4 Å². The second-order valence-corrected chi connectivity index (χ2v) is 11.9. The van der Waals surface area contributed by atoms with E-state index >= 15 is 0 Å². The van der Waals surface area contributed by atoms with Crippen LogP contribution in [0.5, 0.6) is 0 Å². The molecule has 2 spiro atoms. The van der Waals surface area contributed by atoms with Crippen LogP contribution in [0.2, 0.25) is 0 Å². The van der Waals surface area contributed by atoms with Gasteiger partial charge >= 0.3 is 17.9 Å². The third kappa shape index (κ3) is 2.75. The molecule has 0 radical (unpaired) electrons. The maximum Gasteiger partial charge on any atom is 0.303 e. The van der Waals surface area contributed by atoms with Crippen molar-refractivity contribution in [1.82, 2.24) is 0 Å². The molecule has 2 aliphatic heterocycles. The zero-order chi connectivity index (χ0) is 24.8. The number of carbonyl (C=O) groups is 3. The van der Waals surface area contributed by atoms with Gasteiger partial charge in [0.2, 0.25) is 5.79 Å². The molecular weight excluding hydrogens is 440 g/mol. The van der Waals surface area contributed by atoms with Gasteiger partial charge in [0.25, 0.3) is 0 Å². The van der Waals surface area contributed by atoms with Crippen LogP contribution < -0.4 is 0 Å². The van der Waals surface area contributed by atoms with Crippen molar-refractivity contribution in [3.63, 3.8) is 0 Å². The molecule has 2 saturated heterocycles. The molecule has 9 atom stereocenters. The van der Waals surface area contributed by atoms with E-state index in [9.17, 15) is 19.5 Å². The Labute approximate surface area is 200 Å². The number of ether oxygens (including phenoxy) is 4. The third-order valence-corrected chi connectivity index (χ3v) is 9.84. The summed E-state index contributed by atoms with van der Waals surface area (Å²) in [5, 5.41) is 12.5. The summed E-state index contributed by atoms with van der Waals surface area (Å²) in [7, 11) is 0. The molecule has 8 nitrogen and oxygen atoms in total. The fourth-order valence-corrected chi connectivity index (χ4v) is 9.02. The molecule has 34 heavy (non-hydrogen) atoms. The lowest BCUT2D eigenvalue weighted by Gasteiger charge is -2.75. The van der Waals surface area contributed by atoms with Crippen molar-refractivity contribution in [1.29, 1.82) is 0 Å². The van der Waals surface area contributed by atoms with Crippen molar-refractivity contribution >= 4 is 17.9 Å². The maximum absolute atomic E-state index is 12.5. The van der Waals surface area contributed by atoms with Gasteiger partial charge in [-0.15, -0.1) is 0 Å². The summed E-state index contributed by atoms with van der Waals surface area (Å²) in [5.41, 5.74) is -1.29. The maximum atomic E-state index is 12.5. The minimum Gasteiger partial charge on any atom is -0.462 e. The summed E-state index contributed by atoms with van der Waals surface area (Å²) in [6.45, 7) is 12.8. The van der Waals surface area contributed by atoms with Crippen LogP contribution in [0.15, 0.2) is 12.2 Å². The first-order valence-corrected chi connectivity index (χ1v) is 12.4. The monoisotopic (exact) mass is 476 g/mol. The highest BCUT2D eigenvalue weighted by Gasteiger charge is 2.86. The van der Waals surface area contributed by atoms with Crippen LogP contribution in [0.1, 0.15) is 66.7 Å². The standard InChI is InChI=1S/C26H36O8/c1-13-17-7-8-18-24-12-31-26(30,25(18,11-17)21(13)33-15(3)28)22(34-16(4)29)20(24)23(5,6)10-9-19(24)32-14(2)27/h17-22,30H,1,7-12H2,2-6H3/t17-,18+,19-,20-,21-,22+,24-,25+,26-/m1/s1. The van der Waals surface area contributed by atoms with Crippen LogP contribution in [0.3, 0.4) is 0 Å². The van der Waals surface area contributed by atoms with Crippen molar-refractivity contribution in [3.8, 4) is 0 Å². The zero-order valence-electron chi connectivity index (χ0n) is 20.7. The Kier molecular flexibility index (Phi) is 5.10. The van der Waals surface area contributed by atoms with E-state index in [4.69, 9.17) is 18.9 Å². The first kappa shape index (κ1) is 23.8. The van der Waals surface area contributed by atoms with E-state index in [-0.39, 0.29) is 35.7 Å². The molecule has 6 aliphatic rings. The van der Waals surface area contributed by atoms with Gasteiger partial charge in [0.15, 0.2) is 6.10 Å². The summed E-state index contributed by atoms with van der Waals surface area (Å²) >= 11 is 0. The van der Waals surface area contributed by atoms with E-state index < -0.39 is 46.9 Å². The molecule has 0 aromatic heterocycles. The van der Waals surface area contributed by atoms with Crippen LogP contribution in [-0.4, -0.2) is 53.7 Å². The SMILES string of the molecule is C=C1[C@@H]2CC[C@H]3[C@@]45CO[C@](O)([C@@H](OC(C)=O)[C@@H]4C(C)(C)CC[C@H]5OC(C)=O)[C@]3(C2)[C@@H]1OC(C)=O. The van der Waals surface area contributed by atoms with Gasteiger partial charge in [-0.1, -0.05) is 20.4 Å². The molecule has 6 fully saturated rings. The van der Waals surface area contributed by atoms with Crippen LogP contribution in [0, 0.1) is 34.0 Å². The third-order valence-electron chi connectivity index (χ3n) is 9.84. The van der Waals surface area contributed by atoms with Gasteiger partial charge in [-0.2, -0.15) is 0 Å². The molecule has 0 unspecified atom stereocenters. The lowest BCUT2D eigenvalue weighted by atomic mass is 9.36. The number of esters is 3. The van der Waals surface area contributed by atoms with E-state index in [1.165, 1.54) is 20.8 Å². The Morgan fingerprint density at radius 3 is 2.26 bits per heavy atom. The second-order valence-electron chi connectivity index (χ2n) is 11.9. The molecule has 188 valence electrons. The summed E-state index contributed by atoms with van der Waals surface area (Å²) in [6.07, 6.45) is 1.28. The lowest BCUT2D eigenvalue weighted by Crippen LogP contribution is -2.84. The first-order chi connectivity index (χ1) is 15.8. The largest absolute Gasteiger partial charge is 0.462 e. The molecule has 8 heteroatoms. The quantitative estimate of drug-likeness (QED) is 0.376. The van der Waals surface area contributed by atoms with Crippen molar-refractivity contribution in [3.05, 3.63) is 12.2 Å². The molecule has 0 amide bonds. The van der Waals surface area contributed by atoms with Crippen LogP contribution >= 0.6 is 0 Å². The molecule has 4 saturated carbocycles. The van der Waals surface area contributed by atoms with E-state index in [2.05, 4.69) is 20.4 Å². The van der Waals surface area contributed by atoms with Gasteiger partial charge in [0.05, 0.1) is 12.0 Å². The van der Waals surface area contributed by atoms with E-state index in [1.54, 1.807) is 0 Å². The van der Waals surface area contributed by atoms with Crippen molar-refractivity contribution in [2.45, 2.75) is 90.8 Å². The van der Waals surface area contributed by atoms with Crippen LogP contribution in [-0.2, 0) is 33.3 Å². The minimum atomic E-state index is -1.86. The molecule has 4 bridgehead atoms.